The van der Waals surface area contributed by atoms with Crippen molar-refractivity contribution in [1.82, 2.24) is 5.06 Å². The van der Waals surface area contributed by atoms with Crippen LogP contribution in [-0.4, -0.2) is 73.6 Å². The number of esters is 1. The van der Waals surface area contributed by atoms with Gasteiger partial charge in [0.15, 0.2) is 5.79 Å². The van der Waals surface area contributed by atoms with Crippen LogP contribution in [0.5, 0.6) is 5.75 Å². The molecule has 0 N–H and O–H groups in total. The molecule has 0 aliphatic carbocycles. The Balaban J connectivity index is 0.000000249. The largest absolute Gasteiger partial charge is 0.491 e. The third kappa shape index (κ3) is 7.19. The molecule has 1 aromatic rings. The molecular formula is C28H45NO7. The fourth-order valence-corrected chi connectivity index (χ4v) is 5.06. The van der Waals surface area contributed by atoms with Crippen molar-refractivity contribution in [2.24, 2.45) is 5.41 Å². The lowest BCUT2D eigenvalue weighted by atomic mass is 9.77. The number of epoxide rings is 1. The Morgan fingerprint density at radius 3 is 2.00 bits per heavy atom. The van der Waals surface area contributed by atoms with E-state index in [-0.39, 0.29) is 23.2 Å². The summed E-state index contributed by atoms with van der Waals surface area (Å²) in [5, 5.41) is 2.08. The van der Waals surface area contributed by atoms with Crippen molar-refractivity contribution in [2.75, 3.05) is 33.5 Å². The summed E-state index contributed by atoms with van der Waals surface area (Å²) in [5.41, 5.74) is -0.0133. The summed E-state index contributed by atoms with van der Waals surface area (Å²) in [6, 6.07) is 8.06. The lowest BCUT2D eigenvalue weighted by molar-refractivity contribution is -0.385. The topological polar surface area (TPSA) is 79.0 Å². The summed E-state index contributed by atoms with van der Waals surface area (Å²) in [5.74, 6) is -0.0651. The van der Waals surface area contributed by atoms with Gasteiger partial charge in [-0.1, -0.05) is 17.7 Å². The van der Waals surface area contributed by atoms with Crippen LogP contribution in [0.4, 0.5) is 0 Å². The van der Waals surface area contributed by atoms with E-state index in [1.165, 1.54) is 12.7 Å². The molecule has 3 heterocycles. The highest BCUT2D eigenvalue weighted by molar-refractivity contribution is 5.76. The van der Waals surface area contributed by atoms with Crippen LogP contribution in [-0.2, 0) is 28.6 Å². The van der Waals surface area contributed by atoms with Crippen molar-refractivity contribution in [2.45, 2.75) is 97.3 Å². The number of hydroxylamine groups is 2. The van der Waals surface area contributed by atoms with Gasteiger partial charge in [-0.05, 0) is 67.5 Å². The third-order valence-electron chi connectivity index (χ3n) is 6.66. The normalized spacial score (nSPS) is 25.6. The first-order valence-electron chi connectivity index (χ1n) is 12.8. The molecule has 1 unspecified atom stereocenters. The summed E-state index contributed by atoms with van der Waals surface area (Å²) < 4.78 is 27.7. The van der Waals surface area contributed by atoms with E-state index in [0.29, 0.717) is 38.8 Å². The van der Waals surface area contributed by atoms with E-state index in [0.717, 1.165) is 12.4 Å². The van der Waals surface area contributed by atoms with Gasteiger partial charge in [-0.25, -0.2) is 0 Å². The Labute approximate surface area is 216 Å². The quantitative estimate of drug-likeness (QED) is 0.406. The number of nitrogens with zero attached hydrogens (tertiary/aromatic N) is 1. The SMILES string of the molecule is COC(=O)C1(C)COC2(CC(C)(C)N(OC(C)C)C(C)(C)C2)OC1.Cc1ccc(OCC2CO2)cc1. The van der Waals surface area contributed by atoms with E-state index in [1.54, 1.807) is 0 Å². The number of ether oxygens (including phenoxy) is 5. The molecular weight excluding hydrogens is 462 g/mol. The van der Waals surface area contributed by atoms with Gasteiger partial charge in [-0.15, -0.1) is 0 Å². The predicted molar refractivity (Wildman–Crippen MR) is 137 cm³/mol. The Bertz CT molecular complexity index is 848. The maximum Gasteiger partial charge on any atom is 0.316 e. The Morgan fingerprint density at radius 2 is 1.56 bits per heavy atom. The van der Waals surface area contributed by atoms with Crippen LogP contribution in [0.2, 0.25) is 0 Å². The van der Waals surface area contributed by atoms with Crippen LogP contribution < -0.4 is 4.74 Å². The lowest BCUT2D eigenvalue weighted by Gasteiger charge is -2.59. The second kappa shape index (κ2) is 11.0. The highest BCUT2D eigenvalue weighted by Gasteiger charge is 2.58. The van der Waals surface area contributed by atoms with Crippen LogP contribution in [0.1, 0.15) is 66.9 Å². The Kier molecular flexibility index (Phi) is 8.78. The van der Waals surface area contributed by atoms with E-state index >= 15 is 0 Å². The number of carbonyl (C=O) groups excluding carboxylic acids is 1. The van der Waals surface area contributed by atoms with Gasteiger partial charge in [0.1, 0.15) is 23.9 Å². The summed E-state index contributed by atoms with van der Waals surface area (Å²) in [6.45, 7) is 18.6. The van der Waals surface area contributed by atoms with Gasteiger partial charge in [0, 0.05) is 23.9 Å². The number of hydrogen-bond acceptors (Lipinski definition) is 8. The van der Waals surface area contributed by atoms with E-state index in [1.807, 2.05) is 45.0 Å². The molecule has 8 nitrogen and oxygen atoms in total. The Hall–Kier alpha value is -1.71. The number of carbonyl (C=O) groups is 1. The molecule has 0 saturated carbocycles. The summed E-state index contributed by atoms with van der Waals surface area (Å²) in [4.78, 5) is 18.1. The van der Waals surface area contributed by atoms with E-state index in [2.05, 4.69) is 39.7 Å². The third-order valence-corrected chi connectivity index (χ3v) is 6.66. The van der Waals surface area contributed by atoms with Gasteiger partial charge in [-0.3, -0.25) is 9.63 Å². The Morgan fingerprint density at radius 1 is 1.03 bits per heavy atom. The molecule has 36 heavy (non-hydrogen) atoms. The van der Waals surface area contributed by atoms with Crippen LogP contribution in [0, 0.1) is 12.3 Å². The summed E-state index contributed by atoms with van der Waals surface area (Å²) in [6.07, 6.45) is 1.79. The fourth-order valence-electron chi connectivity index (χ4n) is 5.06. The minimum Gasteiger partial charge on any atom is -0.491 e. The second-order valence-corrected chi connectivity index (χ2v) is 12.0. The highest BCUT2D eigenvalue weighted by atomic mass is 16.7. The summed E-state index contributed by atoms with van der Waals surface area (Å²) >= 11 is 0. The molecule has 3 fully saturated rings. The number of methoxy groups -OCH3 is 1. The molecule has 1 aromatic carbocycles. The average molecular weight is 508 g/mol. The molecule has 0 bridgehead atoms. The predicted octanol–water partition coefficient (Wildman–Crippen LogP) is 4.67. The molecule has 1 spiro atoms. The molecule has 8 heteroatoms. The smallest absolute Gasteiger partial charge is 0.316 e. The molecule has 204 valence electrons. The number of piperidine rings is 1. The first kappa shape index (κ1) is 28.9. The number of hydrogen-bond donors (Lipinski definition) is 0. The molecule has 3 aliphatic heterocycles. The van der Waals surface area contributed by atoms with Crippen LogP contribution in [0.15, 0.2) is 24.3 Å². The highest BCUT2D eigenvalue weighted by Crippen LogP contribution is 2.49. The first-order valence-corrected chi connectivity index (χ1v) is 12.8. The van der Waals surface area contributed by atoms with Gasteiger partial charge in [0.05, 0.1) is 33.0 Å². The number of aryl methyl sites for hydroxylation is 1. The zero-order chi connectivity index (χ0) is 26.8. The fraction of sp³-hybridized carbons (Fsp3) is 0.750. The van der Waals surface area contributed by atoms with Crippen molar-refractivity contribution in [1.29, 1.82) is 0 Å². The van der Waals surface area contributed by atoms with Crippen LogP contribution in [0.25, 0.3) is 0 Å². The average Bonchev–Trinajstić information content (AvgIpc) is 3.62. The van der Waals surface area contributed by atoms with Gasteiger partial charge >= 0.3 is 5.97 Å². The first-order chi connectivity index (χ1) is 16.7. The lowest BCUT2D eigenvalue weighted by Crippen LogP contribution is -2.68. The van der Waals surface area contributed by atoms with E-state index < -0.39 is 11.2 Å². The minimum absolute atomic E-state index is 0.105. The van der Waals surface area contributed by atoms with E-state index in [4.69, 9.17) is 28.5 Å². The van der Waals surface area contributed by atoms with Crippen molar-refractivity contribution < 1.29 is 33.3 Å². The monoisotopic (exact) mass is 507 g/mol. The van der Waals surface area contributed by atoms with Gasteiger partial charge < -0.3 is 23.7 Å². The summed E-state index contributed by atoms with van der Waals surface area (Å²) in [7, 11) is 1.39. The second-order valence-electron chi connectivity index (χ2n) is 12.0. The van der Waals surface area contributed by atoms with Crippen molar-refractivity contribution >= 4 is 5.97 Å². The molecule has 0 radical (unpaired) electrons. The number of rotatable bonds is 6. The zero-order valence-corrected chi connectivity index (χ0v) is 23.5. The van der Waals surface area contributed by atoms with Gasteiger partial charge in [-0.2, -0.15) is 5.06 Å². The molecule has 4 rings (SSSR count). The van der Waals surface area contributed by atoms with Crippen molar-refractivity contribution in [3.05, 3.63) is 29.8 Å². The minimum atomic E-state index is -0.750. The maximum absolute atomic E-state index is 12.0. The zero-order valence-electron chi connectivity index (χ0n) is 23.5. The molecule has 0 amide bonds. The maximum atomic E-state index is 12.0. The molecule has 3 aliphatic rings. The van der Waals surface area contributed by atoms with Crippen LogP contribution >= 0.6 is 0 Å². The van der Waals surface area contributed by atoms with E-state index in [9.17, 15) is 4.79 Å². The van der Waals surface area contributed by atoms with Crippen molar-refractivity contribution in [3.8, 4) is 5.75 Å². The van der Waals surface area contributed by atoms with Gasteiger partial charge in [0.25, 0.3) is 0 Å². The van der Waals surface area contributed by atoms with Gasteiger partial charge in [0.2, 0.25) is 0 Å². The molecule has 1 atom stereocenters. The number of benzene rings is 1. The molecule has 3 saturated heterocycles. The van der Waals surface area contributed by atoms with Crippen LogP contribution in [0.3, 0.4) is 0 Å². The molecule has 0 aromatic heterocycles. The van der Waals surface area contributed by atoms with Crippen molar-refractivity contribution in [3.63, 3.8) is 0 Å². The standard InChI is InChI=1S/C18H33NO5.C10H12O2/c1-13(2)24-19-15(3,4)9-18(10-16(19,5)6)22-11-17(7,12-23-18)14(20)21-8;1-8-2-4-9(5-3-8)11-6-10-7-12-10/h13H,9-12H2,1-8H3;2-5,10H,6-7H2,1H3.